The summed E-state index contributed by atoms with van der Waals surface area (Å²) in [6, 6.07) is 3.42. The Hall–Kier alpha value is -3.54. The molecule has 1 amide bonds. The molecule has 0 bridgehead atoms. The van der Waals surface area contributed by atoms with Crippen molar-refractivity contribution in [1.29, 1.82) is 0 Å². The smallest absolute Gasteiger partial charge is 0.292 e. The summed E-state index contributed by atoms with van der Waals surface area (Å²) in [6.07, 6.45) is 2.88. The van der Waals surface area contributed by atoms with Crippen LogP contribution in [0.15, 0.2) is 32.5 Å². The molecule has 3 aromatic heterocycles. The molecule has 12 nitrogen and oxygen atoms in total. The molecule has 0 fully saturated rings. The number of amides is 1. The number of aromatic nitrogens is 5. The number of hydrogen-bond acceptors (Lipinski definition) is 10. The van der Waals surface area contributed by atoms with Crippen LogP contribution in [0.5, 0.6) is 0 Å². The lowest BCUT2D eigenvalue weighted by atomic mass is 10.2. The quantitative estimate of drug-likeness (QED) is 0.422. The highest BCUT2D eigenvalue weighted by molar-refractivity contribution is 5.94. The fourth-order valence-corrected chi connectivity index (χ4v) is 2.36. The van der Waals surface area contributed by atoms with Gasteiger partial charge in [0.05, 0.1) is 12.5 Å². The van der Waals surface area contributed by atoms with E-state index in [-0.39, 0.29) is 17.3 Å². The maximum atomic E-state index is 12.7. The summed E-state index contributed by atoms with van der Waals surface area (Å²) in [5, 5.41) is 19.2. The molecule has 0 aliphatic carbocycles. The van der Waals surface area contributed by atoms with E-state index in [0.29, 0.717) is 18.0 Å². The molecule has 3 rings (SSSR count). The van der Waals surface area contributed by atoms with Crippen LogP contribution in [0.1, 0.15) is 35.8 Å². The molecular weight excluding hydrogens is 354 g/mol. The van der Waals surface area contributed by atoms with Gasteiger partial charge in [0.1, 0.15) is 11.5 Å². The van der Waals surface area contributed by atoms with Crippen molar-refractivity contribution >= 4 is 17.9 Å². The summed E-state index contributed by atoms with van der Waals surface area (Å²) < 4.78 is 10.9. The molecule has 0 aliphatic heterocycles. The Bertz CT molecular complexity index is 909. The number of nitrogens with zero attached hydrogens (tertiary/aromatic N) is 7. The fourth-order valence-electron chi connectivity index (χ4n) is 2.36. The van der Waals surface area contributed by atoms with Crippen LogP contribution in [0.4, 0.5) is 5.82 Å². The van der Waals surface area contributed by atoms with Crippen LogP contribution >= 0.6 is 0 Å². The number of hydrazone groups is 1. The summed E-state index contributed by atoms with van der Waals surface area (Å²) in [5.74, 6) is 0.0264. The maximum absolute atomic E-state index is 12.7. The number of hydrogen-bond donors (Lipinski definition) is 2. The molecule has 0 saturated carbocycles. The average Bonchev–Trinajstić information content (AvgIpc) is 3.40. The molecule has 0 unspecified atom stereocenters. The van der Waals surface area contributed by atoms with Gasteiger partial charge in [0.25, 0.3) is 5.91 Å². The van der Waals surface area contributed by atoms with E-state index in [1.807, 2.05) is 13.8 Å². The predicted molar refractivity (Wildman–Crippen MR) is 94.0 cm³/mol. The first-order chi connectivity index (χ1) is 13.1. The topological polar surface area (TPSA) is 153 Å². The minimum Gasteiger partial charge on any atom is -0.463 e. The molecule has 3 aromatic rings. The molecule has 0 aromatic carbocycles. The monoisotopic (exact) mass is 373 g/mol. The fraction of sp³-hybridized carbons (Fsp3) is 0.333. The molecule has 3 heterocycles. The van der Waals surface area contributed by atoms with Crippen LogP contribution in [0.25, 0.3) is 5.82 Å². The summed E-state index contributed by atoms with van der Waals surface area (Å²) in [7, 11) is 0. The molecule has 27 heavy (non-hydrogen) atoms. The number of carbonyl (C=O) groups is 1. The van der Waals surface area contributed by atoms with E-state index in [1.165, 1.54) is 17.2 Å². The minimum atomic E-state index is -0.535. The second kappa shape index (κ2) is 8.23. The third kappa shape index (κ3) is 4.00. The number of nitrogens with two attached hydrogens (primary N) is 1. The van der Waals surface area contributed by atoms with Gasteiger partial charge in [-0.1, -0.05) is 19.1 Å². The minimum absolute atomic E-state index is 0.0116. The zero-order valence-electron chi connectivity index (χ0n) is 14.9. The lowest BCUT2D eigenvalue weighted by molar-refractivity contribution is 0.0945. The van der Waals surface area contributed by atoms with Crippen molar-refractivity contribution in [3.63, 3.8) is 0 Å². The Kier molecular flexibility index (Phi) is 5.56. The number of anilines is 1. The van der Waals surface area contributed by atoms with E-state index in [0.717, 1.165) is 13.1 Å². The number of nitrogen functional groups attached to an aromatic ring is 1. The summed E-state index contributed by atoms with van der Waals surface area (Å²) in [5.41, 5.74) is 8.75. The highest BCUT2D eigenvalue weighted by Gasteiger charge is 2.25. The first-order valence-corrected chi connectivity index (χ1v) is 8.26. The molecule has 12 heteroatoms. The molecule has 0 radical (unpaired) electrons. The number of furan rings is 1. The Morgan fingerprint density at radius 1 is 1.41 bits per heavy atom. The Morgan fingerprint density at radius 3 is 2.85 bits per heavy atom. The third-order valence-electron chi connectivity index (χ3n) is 3.82. The van der Waals surface area contributed by atoms with Gasteiger partial charge < -0.3 is 10.2 Å². The van der Waals surface area contributed by atoms with Crippen LogP contribution < -0.4 is 11.2 Å². The Labute approximate surface area is 154 Å². The molecular formula is C15H19N9O3. The van der Waals surface area contributed by atoms with Crippen LogP contribution in [0, 0.1) is 0 Å². The van der Waals surface area contributed by atoms with Crippen molar-refractivity contribution in [2.75, 3.05) is 18.8 Å². The average molecular weight is 373 g/mol. The number of carbonyl (C=O) groups excluding carboxylic acids is 1. The van der Waals surface area contributed by atoms with E-state index in [9.17, 15) is 4.79 Å². The van der Waals surface area contributed by atoms with E-state index < -0.39 is 5.91 Å². The van der Waals surface area contributed by atoms with Gasteiger partial charge in [-0.2, -0.15) is 9.78 Å². The van der Waals surface area contributed by atoms with Gasteiger partial charge in [-0.05, 0) is 35.5 Å². The SMILES string of the molecule is CCN(CC)Cc1nnn(-c2nonc2N)c1C(=O)NN=Cc1ccco1. The van der Waals surface area contributed by atoms with Crippen molar-refractivity contribution in [2.24, 2.45) is 5.10 Å². The molecule has 142 valence electrons. The van der Waals surface area contributed by atoms with Crippen molar-refractivity contribution in [3.8, 4) is 5.82 Å². The highest BCUT2D eigenvalue weighted by Crippen LogP contribution is 2.17. The van der Waals surface area contributed by atoms with Crippen molar-refractivity contribution < 1.29 is 13.8 Å². The summed E-state index contributed by atoms with van der Waals surface area (Å²) in [4.78, 5) is 14.8. The number of rotatable bonds is 8. The van der Waals surface area contributed by atoms with Gasteiger partial charge in [-0.3, -0.25) is 9.69 Å². The van der Waals surface area contributed by atoms with Crippen LogP contribution in [0.2, 0.25) is 0 Å². The standard InChI is InChI=1S/C15H19N9O3/c1-3-23(4-2)9-11-12(15(25)19-17-8-10-6-5-7-26-10)24(22-18-11)14-13(16)20-27-21-14/h5-8H,3-4,9H2,1-2H3,(H2,16,20)(H,19,25). The Balaban J connectivity index is 1.90. The van der Waals surface area contributed by atoms with Gasteiger partial charge in [0.2, 0.25) is 11.6 Å². The molecule has 0 atom stereocenters. The first kappa shape index (κ1) is 18.3. The van der Waals surface area contributed by atoms with E-state index in [2.05, 4.69) is 40.7 Å². The summed E-state index contributed by atoms with van der Waals surface area (Å²) in [6.45, 7) is 6.02. The largest absolute Gasteiger partial charge is 0.463 e. The van der Waals surface area contributed by atoms with E-state index >= 15 is 0 Å². The zero-order chi connectivity index (χ0) is 19.2. The lowest BCUT2D eigenvalue weighted by Crippen LogP contribution is -2.27. The van der Waals surface area contributed by atoms with Gasteiger partial charge in [-0.25, -0.2) is 10.1 Å². The lowest BCUT2D eigenvalue weighted by Gasteiger charge is -2.16. The Morgan fingerprint density at radius 2 is 2.22 bits per heavy atom. The van der Waals surface area contributed by atoms with Crippen LogP contribution in [0.3, 0.4) is 0 Å². The molecule has 0 aliphatic rings. The van der Waals surface area contributed by atoms with Gasteiger partial charge >= 0.3 is 0 Å². The number of nitrogens with one attached hydrogen (secondary N) is 1. The second-order valence-corrected chi connectivity index (χ2v) is 5.45. The van der Waals surface area contributed by atoms with E-state index in [1.54, 1.807) is 12.1 Å². The maximum Gasteiger partial charge on any atom is 0.292 e. The van der Waals surface area contributed by atoms with E-state index in [4.69, 9.17) is 10.2 Å². The van der Waals surface area contributed by atoms with Crippen molar-refractivity contribution in [1.82, 2.24) is 35.6 Å². The highest BCUT2D eigenvalue weighted by atomic mass is 16.6. The van der Waals surface area contributed by atoms with Crippen molar-refractivity contribution in [2.45, 2.75) is 20.4 Å². The van der Waals surface area contributed by atoms with Crippen molar-refractivity contribution in [3.05, 3.63) is 35.5 Å². The van der Waals surface area contributed by atoms with Gasteiger partial charge in [-0.15, -0.1) is 5.10 Å². The third-order valence-corrected chi connectivity index (χ3v) is 3.82. The van der Waals surface area contributed by atoms with Gasteiger partial charge in [0, 0.05) is 6.54 Å². The van der Waals surface area contributed by atoms with Crippen LogP contribution in [-0.4, -0.2) is 55.4 Å². The molecule has 0 spiro atoms. The molecule has 3 N–H and O–H groups in total. The predicted octanol–water partition coefficient (Wildman–Crippen LogP) is 0.431. The van der Waals surface area contributed by atoms with Gasteiger partial charge in [0.15, 0.2) is 5.69 Å². The first-order valence-electron chi connectivity index (χ1n) is 8.26. The zero-order valence-corrected chi connectivity index (χ0v) is 14.9. The van der Waals surface area contributed by atoms with Crippen LogP contribution in [-0.2, 0) is 6.54 Å². The second-order valence-electron chi connectivity index (χ2n) is 5.45. The normalized spacial score (nSPS) is 11.5. The molecule has 0 saturated heterocycles. The summed E-state index contributed by atoms with van der Waals surface area (Å²) >= 11 is 0.